The first-order chi connectivity index (χ1) is 19.5. The van der Waals surface area contributed by atoms with Crippen molar-refractivity contribution in [2.45, 2.75) is 71.4 Å². The Bertz CT molecular complexity index is 1340. The normalized spacial score (nSPS) is 20.7. The van der Waals surface area contributed by atoms with Gasteiger partial charge in [-0.15, -0.1) is 0 Å². The fourth-order valence-corrected chi connectivity index (χ4v) is 5.98. The van der Waals surface area contributed by atoms with Crippen LogP contribution in [0.4, 0.5) is 8.78 Å². The number of rotatable bonds is 11. The van der Waals surface area contributed by atoms with E-state index in [9.17, 15) is 18.4 Å². The van der Waals surface area contributed by atoms with Crippen LogP contribution in [0.2, 0.25) is 0 Å². The molecule has 0 saturated heterocycles. The second kappa shape index (κ2) is 13.5. The highest BCUT2D eigenvalue weighted by Gasteiger charge is 2.27. The molecule has 2 aromatic rings. The lowest BCUT2D eigenvalue weighted by Crippen LogP contribution is -2.37. The molecule has 2 aliphatic rings. The molecule has 0 spiro atoms. The van der Waals surface area contributed by atoms with E-state index in [0.29, 0.717) is 49.6 Å². The summed E-state index contributed by atoms with van der Waals surface area (Å²) in [6.45, 7) is 6.57. The number of hydrogen-bond donors (Lipinski definition) is 1. The highest BCUT2D eigenvalue weighted by atomic mass is 19.3. The SMILES string of the molecule is [CH2+]OCCNC(=O)c1ccc2c(c1C)=CN(CC1CCCC(CC(=O)c3ccc(OC(C)(F)F)cc3)C1)C(C)CC=2. The number of carbonyl (C=O) groups is 2. The van der Waals surface area contributed by atoms with Crippen LogP contribution in [0.25, 0.3) is 12.3 Å². The van der Waals surface area contributed by atoms with Gasteiger partial charge in [-0.2, -0.15) is 13.5 Å². The number of hydrogen-bond acceptors (Lipinski definition) is 5. The molecule has 0 bridgehead atoms. The lowest BCUT2D eigenvalue weighted by molar-refractivity contribution is -0.158. The van der Waals surface area contributed by atoms with Crippen LogP contribution in [-0.4, -0.2) is 48.4 Å². The second-order valence-corrected chi connectivity index (χ2v) is 11.5. The summed E-state index contributed by atoms with van der Waals surface area (Å²) in [5.41, 5.74) is 2.14. The summed E-state index contributed by atoms with van der Waals surface area (Å²) in [7, 11) is 3.34. The Balaban J connectivity index is 1.42. The van der Waals surface area contributed by atoms with Gasteiger partial charge in [0.25, 0.3) is 5.91 Å². The van der Waals surface area contributed by atoms with Crippen molar-refractivity contribution in [2.24, 2.45) is 11.8 Å². The Hall–Kier alpha value is -3.39. The van der Waals surface area contributed by atoms with Gasteiger partial charge in [-0.05, 0) is 92.5 Å². The molecule has 1 amide bonds. The Labute approximate surface area is 241 Å². The van der Waals surface area contributed by atoms with Crippen molar-refractivity contribution in [1.82, 2.24) is 10.2 Å². The minimum absolute atomic E-state index is 0.0342. The minimum atomic E-state index is -3.26. The largest absolute Gasteiger partial charge is 0.433 e. The van der Waals surface area contributed by atoms with Crippen LogP contribution >= 0.6 is 0 Å². The first kappa shape index (κ1) is 30.6. The second-order valence-electron chi connectivity index (χ2n) is 11.5. The fraction of sp³-hybridized carbons (Fsp3) is 0.485. The maximum absolute atomic E-state index is 13.1. The molecule has 0 aromatic heterocycles. The van der Waals surface area contributed by atoms with Gasteiger partial charge in [-0.3, -0.25) is 9.59 Å². The number of ketones is 1. The van der Waals surface area contributed by atoms with Gasteiger partial charge >= 0.3 is 6.11 Å². The number of carbonyl (C=O) groups excluding carboxylic acids is 2. The summed E-state index contributed by atoms with van der Waals surface area (Å²) in [6, 6.07) is 10.2. The molecule has 1 saturated carbocycles. The molecule has 1 aliphatic heterocycles. The third-order valence-corrected chi connectivity index (χ3v) is 8.17. The Morgan fingerprint density at radius 3 is 2.56 bits per heavy atom. The number of benzene rings is 2. The predicted molar refractivity (Wildman–Crippen MR) is 156 cm³/mol. The smallest absolute Gasteiger partial charge is 0.394 e. The average molecular weight is 568 g/mol. The monoisotopic (exact) mass is 567 g/mol. The van der Waals surface area contributed by atoms with E-state index in [4.69, 9.17) is 4.74 Å². The van der Waals surface area contributed by atoms with Crippen LogP contribution in [0.15, 0.2) is 36.4 Å². The summed E-state index contributed by atoms with van der Waals surface area (Å²) < 4.78 is 35.6. The third kappa shape index (κ3) is 8.32. The predicted octanol–water partition coefficient (Wildman–Crippen LogP) is 5.22. The molecule has 3 unspecified atom stereocenters. The van der Waals surface area contributed by atoms with Gasteiger partial charge in [-0.1, -0.05) is 18.6 Å². The molecule has 6 nitrogen and oxygen atoms in total. The van der Waals surface area contributed by atoms with Crippen LogP contribution in [0.5, 0.6) is 5.75 Å². The number of Topliss-reactive ketones (excluding diaryl/α,β-unsaturated/α-hetero) is 1. The number of amides is 1. The van der Waals surface area contributed by atoms with Gasteiger partial charge in [0.1, 0.15) is 12.4 Å². The summed E-state index contributed by atoms with van der Waals surface area (Å²) in [5, 5.41) is 5.10. The van der Waals surface area contributed by atoms with Crippen molar-refractivity contribution in [3.8, 4) is 5.75 Å². The van der Waals surface area contributed by atoms with Gasteiger partial charge < -0.3 is 15.0 Å². The highest BCUT2D eigenvalue weighted by Crippen LogP contribution is 2.33. The van der Waals surface area contributed by atoms with Gasteiger partial charge in [0, 0.05) is 55.0 Å². The quantitative estimate of drug-likeness (QED) is 0.229. The molecule has 1 aliphatic carbocycles. The number of nitrogens with one attached hydrogen (secondary N) is 1. The molecule has 41 heavy (non-hydrogen) atoms. The topological polar surface area (TPSA) is 67.9 Å². The van der Waals surface area contributed by atoms with Crippen LogP contribution in [-0.2, 0) is 4.74 Å². The molecule has 0 radical (unpaired) electrons. The lowest BCUT2D eigenvalue weighted by atomic mass is 9.78. The first-order valence-electron chi connectivity index (χ1n) is 14.5. The lowest BCUT2D eigenvalue weighted by Gasteiger charge is -2.35. The number of fused-ring (bicyclic) bond motifs is 1. The van der Waals surface area contributed by atoms with Gasteiger partial charge in [-0.25, -0.2) is 0 Å². The maximum Gasteiger partial charge on any atom is 0.394 e. The summed E-state index contributed by atoms with van der Waals surface area (Å²) in [4.78, 5) is 28.2. The zero-order valence-electron chi connectivity index (χ0n) is 24.3. The van der Waals surface area contributed by atoms with E-state index in [1.165, 1.54) is 12.1 Å². The molecular weight excluding hydrogens is 526 g/mol. The van der Waals surface area contributed by atoms with E-state index in [1.54, 1.807) is 12.1 Å². The number of halogens is 2. The van der Waals surface area contributed by atoms with Crippen molar-refractivity contribution < 1.29 is 27.8 Å². The summed E-state index contributed by atoms with van der Waals surface area (Å²) in [5.74, 6) is 0.702. The van der Waals surface area contributed by atoms with Gasteiger partial charge in [0.2, 0.25) is 7.11 Å². The average Bonchev–Trinajstić information content (AvgIpc) is 3.08. The molecule has 1 fully saturated rings. The van der Waals surface area contributed by atoms with Crippen molar-refractivity contribution in [3.63, 3.8) is 0 Å². The number of nitrogens with zero attached hydrogens (tertiary/aromatic N) is 1. The number of alkyl halides is 2. The molecule has 3 atom stereocenters. The van der Waals surface area contributed by atoms with Crippen molar-refractivity contribution >= 4 is 24.0 Å². The molecule has 1 N–H and O–H groups in total. The minimum Gasteiger partial charge on any atom is -0.433 e. The third-order valence-electron chi connectivity index (χ3n) is 8.17. The van der Waals surface area contributed by atoms with E-state index in [-0.39, 0.29) is 23.4 Å². The Morgan fingerprint density at radius 1 is 1.12 bits per heavy atom. The van der Waals surface area contributed by atoms with E-state index in [1.807, 2.05) is 19.1 Å². The molecular formula is C33H41F2N2O4+. The van der Waals surface area contributed by atoms with E-state index >= 15 is 0 Å². The van der Waals surface area contributed by atoms with Crippen LogP contribution < -0.4 is 20.5 Å². The first-order valence-corrected chi connectivity index (χ1v) is 14.5. The van der Waals surface area contributed by atoms with Crippen LogP contribution in [0.1, 0.15) is 78.7 Å². The molecule has 8 heteroatoms. The van der Waals surface area contributed by atoms with Crippen LogP contribution in [0.3, 0.4) is 0 Å². The van der Waals surface area contributed by atoms with E-state index in [0.717, 1.165) is 54.6 Å². The molecule has 220 valence electrons. The van der Waals surface area contributed by atoms with Crippen LogP contribution in [0, 0.1) is 25.9 Å². The summed E-state index contributed by atoms with van der Waals surface area (Å²) >= 11 is 0. The summed E-state index contributed by atoms with van der Waals surface area (Å²) in [6.07, 6.45) is 6.74. The van der Waals surface area contributed by atoms with Gasteiger partial charge in [0.05, 0.1) is 0 Å². The standard InChI is InChI=1S/C33H40F2N2O4/c1-22-8-9-26-12-15-29(32(39)36-16-17-40-4)23(2)30(26)21-37(22)20-25-7-5-6-24(18-25)19-31(38)27-10-13-28(14-11-27)41-33(3,34)35/h9-15,21-22,24-25H,4-8,16-20H2,1-3H3/p+1. The van der Waals surface area contributed by atoms with Gasteiger partial charge in [0.15, 0.2) is 5.78 Å². The molecule has 2 aromatic carbocycles. The Kier molecular flexibility index (Phi) is 10.1. The van der Waals surface area contributed by atoms with E-state index < -0.39 is 6.11 Å². The number of ether oxygens (including phenoxy) is 2. The van der Waals surface area contributed by atoms with Crippen molar-refractivity contribution in [1.29, 1.82) is 0 Å². The van der Waals surface area contributed by atoms with Crippen molar-refractivity contribution in [3.05, 3.63) is 70.6 Å². The zero-order chi connectivity index (χ0) is 29.6. The molecule has 1 heterocycles. The zero-order valence-corrected chi connectivity index (χ0v) is 24.3. The maximum atomic E-state index is 13.1. The Morgan fingerprint density at radius 2 is 1.85 bits per heavy atom. The molecule has 4 rings (SSSR count). The van der Waals surface area contributed by atoms with E-state index in [2.05, 4.69) is 41.3 Å². The highest BCUT2D eigenvalue weighted by molar-refractivity contribution is 5.96. The van der Waals surface area contributed by atoms with Crippen molar-refractivity contribution in [2.75, 3.05) is 19.7 Å². The fourth-order valence-electron chi connectivity index (χ4n) is 5.98.